The summed E-state index contributed by atoms with van der Waals surface area (Å²) in [6, 6.07) is 1.89. The SMILES string of the molecule is Cc1cc([N+](=O)[O-])cc(C(=O)NCC(N)C2CC2)c1F. The van der Waals surface area contributed by atoms with Crippen LogP contribution in [-0.4, -0.2) is 23.4 Å². The lowest BCUT2D eigenvalue weighted by Gasteiger charge is -2.12. The first-order valence-electron chi connectivity index (χ1n) is 6.38. The molecule has 0 saturated heterocycles. The Morgan fingerprint density at radius 1 is 1.60 bits per heavy atom. The highest BCUT2D eigenvalue weighted by Crippen LogP contribution is 2.31. The lowest BCUT2D eigenvalue weighted by molar-refractivity contribution is -0.385. The maximum absolute atomic E-state index is 13.9. The number of nitro benzene ring substituents is 1. The summed E-state index contributed by atoms with van der Waals surface area (Å²) in [4.78, 5) is 22.0. The van der Waals surface area contributed by atoms with Crippen molar-refractivity contribution in [1.29, 1.82) is 0 Å². The molecule has 0 aromatic heterocycles. The molecule has 0 spiro atoms. The Kier molecular flexibility index (Phi) is 3.99. The minimum Gasteiger partial charge on any atom is -0.350 e. The van der Waals surface area contributed by atoms with Crippen LogP contribution in [0.1, 0.15) is 28.8 Å². The van der Waals surface area contributed by atoms with E-state index in [2.05, 4.69) is 5.32 Å². The van der Waals surface area contributed by atoms with Crippen molar-refractivity contribution in [3.63, 3.8) is 0 Å². The van der Waals surface area contributed by atoms with Crippen LogP contribution < -0.4 is 11.1 Å². The molecule has 6 nitrogen and oxygen atoms in total. The second-order valence-corrected chi connectivity index (χ2v) is 5.09. The van der Waals surface area contributed by atoms with Gasteiger partial charge in [-0.1, -0.05) is 0 Å². The van der Waals surface area contributed by atoms with E-state index in [1.165, 1.54) is 6.92 Å². The van der Waals surface area contributed by atoms with Crippen LogP contribution in [0.25, 0.3) is 0 Å². The van der Waals surface area contributed by atoms with Crippen LogP contribution in [0, 0.1) is 28.8 Å². The number of non-ortho nitro benzene ring substituents is 1. The third-order valence-corrected chi connectivity index (χ3v) is 3.42. The Labute approximate surface area is 115 Å². The molecule has 108 valence electrons. The number of aryl methyl sites for hydroxylation is 1. The summed E-state index contributed by atoms with van der Waals surface area (Å²) < 4.78 is 13.9. The molecule has 1 aliphatic carbocycles. The maximum atomic E-state index is 13.9. The van der Waals surface area contributed by atoms with Crippen molar-refractivity contribution in [1.82, 2.24) is 5.32 Å². The molecule has 1 atom stereocenters. The fraction of sp³-hybridized carbons (Fsp3) is 0.462. The van der Waals surface area contributed by atoms with Gasteiger partial charge in [0.1, 0.15) is 5.82 Å². The van der Waals surface area contributed by atoms with Gasteiger partial charge in [0.2, 0.25) is 0 Å². The summed E-state index contributed by atoms with van der Waals surface area (Å²) in [6.45, 7) is 1.62. The molecule has 0 bridgehead atoms. The molecule has 20 heavy (non-hydrogen) atoms. The Morgan fingerprint density at radius 3 is 2.80 bits per heavy atom. The summed E-state index contributed by atoms with van der Waals surface area (Å²) in [5.74, 6) is -1.01. The number of carbonyl (C=O) groups excluding carboxylic acids is 1. The van der Waals surface area contributed by atoms with Crippen molar-refractivity contribution in [2.75, 3.05) is 6.54 Å². The van der Waals surface area contributed by atoms with Gasteiger partial charge in [-0.2, -0.15) is 0 Å². The second kappa shape index (κ2) is 5.54. The Balaban J connectivity index is 2.13. The number of rotatable bonds is 5. The fourth-order valence-electron chi connectivity index (χ4n) is 2.02. The van der Waals surface area contributed by atoms with Gasteiger partial charge in [0, 0.05) is 24.7 Å². The zero-order chi connectivity index (χ0) is 14.9. The first-order valence-corrected chi connectivity index (χ1v) is 6.38. The van der Waals surface area contributed by atoms with E-state index in [0.29, 0.717) is 5.92 Å². The van der Waals surface area contributed by atoms with Gasteiger partial charge in [-0.25, -0.2) is 4.39 Å². The first kappa shape index (κ1) is 14.4. The molecule has 1 saturated carbocycles. The fourth-order valence-corrected chi connectivity index (χ4v) is 2.02. The summed E-state index contributed by atoms with van der Waals surface area (Å²) in [7, 11) is 0. The number of nitrogens with one attached hydrogen (secondary N) is 1. The molecule has 0 radical (unpaired) electrons. The van der Waals surface area contributed by atoms with Crippen LogP contribution in [0.3, 0.4) is 0 Å². The summed E-state index contributed by atoms with van der Waals surface area (Å²) in [5, 5.41) is 13.3. The standard InChI is InChI=1S/C13H16FN3O3/c1-7-4-9(17(19)20)5-10(12(7)14)13(18)16-6-11(15)8-2-3-8/h4-5,8,11H,2-3,6,15H2,1H3,(H,16,18). The Hall–Kier alpha value is -2.02. The molecule has 1 aliphatic rings. The molecular weight excluding hydrogens is 265 g/mol. The zero-order valence-electron chi connectivity index (χ0n) is 11.1. The normalized spacial score (nSPS) is 15.8. The second-order valence-electron chi connectivity index (χ2n) is 5.09. The maximum Gasteiger partial charge on any atom is 0.270 e. The smallest absolute Gasteiger partial charge is 0.270 e. The number of carbonyl (C=O) groups is 1. The van der Waals surface area contributed by atoms with Crippen molar-refractivity contribution in [2.24, 2.45) is 11.7 Å². The highest BCUT2D eigenvalue weighted by molar-refractivity contribution is 5.95. The highest BCUT2D eigenvalue weighted by atomic mass is 19.1. The predicted octanol–water partition coefficient (Wildman–Crippen LogP) is 1.51. The summed E-state index contributed by atoms with van der Waals surface area (Å²) in [6.07, 6.45) is 2.09. The van der Waals surface area contributed by atoms with Crippen LogP contribution >= 0.6 is 0 Å². The van der Waals surface area contributed by atoms with Crippen molar-refractivity contribution >= 4 is 11.6 Å². The molecular formula is C13H16FN3O3. The molecule has 1 aromatic carbocycles. The number of benzene rings is 1. The van der Waals surface area contributed by atoms with E-state index >= 15 is 0 Å². The van der Waals surface area contributed by atoms with E-state index in [1.54, 1.807) is 0 Å². The van der Waals surface area contributed by atoms with Crippen molar-refractivity contribution < 1.29 is 14.1 Å². The number of nitrogens with zero attached hydrogens (tertiary/aromatic N) is 1. The van der Waals surface area contributed by atoms with Crippen LogP contribution in [0.4, 0.5) is 10.1 Å². The topological polar surface area (TPSA) is 98.3 Å². The van der Waals surface area contributed by atoms with Crippen molar-refractivity contribution in [2.45, 2.75) is 25.8 Å². The monoisotopic (exact) mass is 281 g/mol. The zero-order valence-corrected chi connectivity index (χ0v) is 11.1. The van der Waals surface area contributed by atoms with Gasteiger partial charge < -0.3 is 11.1 Å². The number of nitrogens with two attached hydrogens (primary N) is 1. The third kappa shape index (κ3) is 3.11. The lowest BCUT2D eigenvalue weighted by atomic mass is 10.1. The average Bonchev–Trinajstić information content (AvgIpc) is 3.22. The number of nitro groups is 1. The van der Waals surface area contributed by atoms with Crippen LogP contribution in [-0.2, 0) is 0 Å². The third-order valence-electron chi connectivity index (χ3n) is 3.42. The minimum atomic E-state index is -0.743. The number of hydrogen-bond donors (Lipinski definition) is 2. The van der Waals surface area contributed by atoms with E-state index in [0.717, 1.165) is 25.0 Å². The van der Waals surface area contributed by atoms with Crippen LogP contribution in [0.5, 0.6) is 0 Å². The summed E-state index contributed by atoms with van der Waals surface area (Å²) >= 11 is 0. The molecule has 3 N–H and O–H groups in total. The molecule has 0 aliphatic heterocycles. The predicted molar refractivity (Wildman–Crippen MR) is 70.8 cm³/mol. The molecule has 0 heterocycles. The van der Waals surface area contributed by atoms with E-state index in [9.17, 15) is 19.3 Å². The van der Waals surface area contributed by atoms with Gasteiger partial charge >= 0.3 is 0 Å². The van der Waals surface area contributed by atoms with E-state index in [4.69, 9.17) is 5.73 Å². The molecule has 7 heteroatoms. The number of halogens is 1. The molecule has 2 rings (SSSR count). The van der Waals surface area contributed by atoms with Crippen molar-refractivity contribution in [3.8, 4) is 0 Å². The first-order chi connectivity index (χ1) is 9.40. The molecule has 1 aromatic rings. The number of amides is 1. The van der Waals surface area contributed by atoms with Crippen LogP contribution in [0.2, 0.25) is 0 Å². The van der Waals surface area contributed by atoms with Gasteiger partial charge in [-0.15, -0.1) is 0 Å². The largest absolute Gasteiger partial charge is 0.350 e. The van der Waals surface area contributed by atoms with E-state index in [1.807, 2.05) is 0 Å². The van der Waals surface area contributed by atoms with Gasteiger partial charge in [0.15, 0.2) is 0 Å². The lowest BCUT2D eigenvalue weighted by Crippen LogP contribution is -2.38. The van der Waals surface area contributed by atoms with Gasteiger partial charge in [0.05, 0.1) is 10.5 Å². The molecule has 1 unspecified atom stereocenters. The number of hydrogen-bond acceptors (Lipinski definition) is 4. The Bertz CT molecular complexity index is 558. The Morgan fingerprint density at radius 2 is 2.25 bits per heavy atom. The van der Waals surface area contributed by atoms with Crippen molar-refractivity contribution in [3.05, 3.63) is 39.2 Å². The quantitative estimate of drug-likeness (QED) is 0.631. The van der Waals surface area contributed by atoms with Gasteiger partial charge in [-0.05, 0) is 31.2 Å². The van der Waals surface area contributed by atoms with E-state index in [-0.39, 0.29) is 29.4 Å². The summed E-state index contributed by atoms with van der Waals surface area (Å²) in [5.41, 5.74) is 5.28. The van der Waals surface area contributed by atoms with Crippen LogP contribution in [0.15, 0.2) is 12.1 Å². The highest BCUT2D eigenvalue weighted by Gasteiger charge is 2.29. The minimum absolute atomic E-state index is 0.0656. The van der Waals surface area contributed by atoms with Gasteiger partial charge in [-0.3, -0.25) is 14.9 Å². The molecule has 1 fully saturated rings. The molecule has 1 amide bonds. The van der Waals surface area contributed by atoms with Gasteiger partial charge in [0.25, 0.3) is 11.6 Å². The van der Waals surface area contributed by atoms with E-state index < -0.39 is 16.6 Å². The average molecular weight is 281 g/mol.